The van der Waals surface area contributed by atoms with E-state index in [-0.39, 0.29) is 12.0 Å². The normalized spacial score (nSPS) is 12.8. The minimum atomic E-state index is -0.200. The summed E-state index contributed by atoms with van der Waals surface area (Å²) >= 11 is 0. The van der Waals surface area contributed by atoms with Crippen molar-refractivity contribution < 1.29 is 14.6 Å². The zero-order chi connectivity index (χ0) is 9.68. The van der Waals surface area contributed by atoms with Crippen molar-refractivity contribution in [1.29, 1.82) is 0 Å². The predicted octanol–water partition coefficient (Wildman–Crippen LogP) is 1.90. The van der Waals surface area contributed by atoms with Gasteiger partial charge in [0.2, 0.25) is 0 Å². The minimum Gasteiger partial charge on any atom is -0.508 e. The van der Waals surface area contributed by atoms with Crippen LogP contribution in [-0.2, 0) is 16.1 Å². The molecule has 72 valence electrons. The van der Waals surface area contributed by atoms with Gasteiger partial charge in [0.15, 0.2) is 6.29 Å². The van der Waals surface area contributed by atoms with Crippen molar-refractivity contribution in [3.8, 4) is 5.75 Å². The minimum absolute atomic E-state index is 0.200. The molecule has 0 amide bonds. The second-order valence-corrected chi connectivity index (χ2v) is 2.78. The summed E-state index contributed by atoms with van der Waals surface area (Å²) in [5.41, 5.74) is 1.02. The molecule has 0 fully saturated rings. The fourth-order valence-corrected chi connectivity index (χ4v) is 0.874. The molecular weight excluding hydrogens is 168 g/mol. The Morgan fingerprint density at radius 2 is 1.92 bits per heavy atom. The summed E-state index contributed by atoms with van der Waals surface area (Å²) in [6, 6.07) is 6.90. The van der Waals surface area contributed by atoms with Crippen LogP contribution in [0.15, 0.2) is 24.3 Å². The van der Waals surface area contributed by atoms with E-state index < -0.39 is 0 Å². The number of ether oxygens (including phenoxy) is 2. The summed E-state index contributed by atoms with van der Waals surface area (Å²) in [6.07, 6.45) is -0.200. The van der Waals surface area contributed by atoms with E-state index in [1.807, 2.05) is 19.1 Å². The first kappa shape index (κ1) is 10.0. The van der Waals surface area contributed by atoms with Gasteiger partial charge in [-0.25, -0.2) is 0 Å². The molecule has 1 unspecified atom stereocenters. The van der Waals surface area contributed by atoms with Crippen molar-refractivity contribution >= 4 is 0 Å². The predicted molar refractivity (Wildman–Crippen MR) is 49.4 cm³/mol. The van der Waals surface area contributed by atoms with E-state index in [4.69, 9.17) is 14.6 Å². The van der Waals surface area contributed by atoms with Crippen LogP contribution < -0.4 is 0 Å². The maximum atomic E-state index is 9.01. The third-order valence-corrected chi connectivity index (χ3v) is 1.75. The van der Waals surface area contributed by atoms with Crippen LogP contribution in [0.3, 0.4) is 0 Å². The lowest BCUT2D eigenvalue weighted by Gasteiger charge is -2.10. The molecule has 0 aliphatic heterocycles. The first-order valence-corrected chi connectivity index (χ1v) is 4.14. The maximum absolute atomic E-state index is 9.01. The van der Waals surface area contributed by atoms with E-state index in [0.717, 1.165) is 5.56 Å². The summed E-state index contributed by atoms with van der Waals surface area (Å²) in [6.45, 7) is 2.33. The Morgan fingerprint density at radius 3 is 2.46 bits per heavy atom. The van der Waals surface area contributed by atoms with E-state index in [0.29, 0.717) is 6.61 Å². The average Bonchev–Trinajstić information content (AvgIpc) is 2.16. The van der Waals surface area contributed by atoms with Crippen LogP contribution in [0.25, 0.3) is 0 Å². The van der Waals surface area contributed by atoms with Gasteiger partial charge < -0.3 is 14.6 Å². The van der Waals surface area contributed by atoms with E-state index in [1.54, 1.807) is 19.2 Å². The van der Waals surface area contributed by atoms with Gasteiger partial charge in [-0.1, -0.05) is 12.1 Å². The highest BCUT2D eigenvalue weighted by Crippen LogP contribution is 2.10. The van der Waals surface area contributed by atoms with E-state index in [2.05, 4.69) is 0 Å². The first-order chi connectivity index (χ1) is 6.22. The Morgan fingerprint density at radius 1 is 1.31 bits per heavy atom. The molecule has 0 spiro atoms. The highest BCUT2D eigenvalue weighted by Gasteiger charge is 1.99. The van der Waals surface area contributed by atoms with Crippen molar-refractivity contribution in [3.05, 3.63) is 29.8 Å². The van der Waals surface area contributed by atoms with E-state index >= 15 is 0 Å². The summed E-state index contributed by atoms with van der Waals surface area (Å²) in [5.74, 6) is 0.267. The molecule has 3 nitrogen and oxygen atoms in total. The summed E-state index contributed by atoms with van der Waals surface area (Å²) in [4.78, 5) is 0. The fraction of sp³-hybridized carbons (Fsp3) is 0.400. The number of rotatable bonds is 4. The third-order valence-electron chi connectivity index (χ3n) is 1.75. The van der Waals surface area contributed by atoms with Gasteiger partial charge in [-0.05, 0) is 24.6 Å². The molecule has 1 N–H and O–H groups in total. The van der Waals surface area contributed by atoms with Crippen molar-refractivity contribution in [2.45, 2.75) is 19.8 Å². The number of methoxy groups -OCH3 is 1. The highest BCUT2D eigenvalue weighted by atomic mass is 16.7. The van der Waals surface area contributed by atoms with Gasteiger partial charge in [0.05, 0.1) is 6.61 Å². The number of aromatic hydroxyl groups is 1. The summed E-state index contributed by atoms with van der Waals surface area (Å²) < 4.78 is 10.2. The molecule has 3 heteroatoms. The van der Waals surface area contributed by atoms with Crippen LogP contribution in [0, 0.1) is 0 Å². The second kappa shape index (κ2) is 4.84. The van der Waals surface area contributed by atoms with Gasteiger partial charge in [-0.2, -0.15) is 0 Å². The van der Waals surface area contributed by atoms with Gasteiger partial charge in [-0.3, -0.25) is 0 Å². The van der Waals surface area contributed by atoms with Crippen molar-refractivity contribution in [1.82, 2.24) is 0 Å². The lowest BCUT2D eigenvalue weighted by atomic mass is 10.2. The highest BCUT2D eigenvalue weighted by molar-refractivity contribution is 5.25. The zero-order valence-corrected chi connectivity index (χ0v) is 7.86. The molecular formula is C10H14O3. The molecule has 0 aliphatic carbocycles. The van der Waals surface area contributed by atoms with Crippen LogP contribution >= 0.6 is 0 Å². The smallest absolute Gasteiger partial charge is 0.154 e. The Bertz CT molecular complexity index is 243. The summed E-state index contributed by atoms with van der Waals surface area (Å²) in [7, 11) is 1.60. The standard InChI is InChI=1S/C10H14O3/c1-8(12-2)13-7-9-3-5-10(11)6-4-9/h3-6,8,11H,7H2,1-2H3. The molecule has 13 heavy (non-hydrogen) atoms. The van der Waals surface area contributed by atoms with Gasteiger partial charge in [-0.15, -0.1) is 0 Å². The Hall–Kier alpha value is -1.06. The SMILES string of the molecule is COC(C)OCc1ccc(O)cc1. The third kappa shape index (κ3) is 3.44. The molecule has 0 aliphatic rings. The molecule has 0 radical (unpaired) electrons. The molecule has 0 aromatic heterocycles. The first-order valence-electron chi connectivity index (χ1n) is 4.14. The van der Waals surface area contributed by atoms with Crippen LogP contribution in [0.4, 0.5) is 0 Å². The molecule has 1 rings (SSSR count). The monoisotopic (exact) mass is 182 g/mol. The van der Waals surface area contributed by atoms with Crippen LogP contribution in [0.1, 0.15) is 12.5 Å². The Balaban J connectivity index is 2.41. The topological polar surface area (TPSA) is 38.7 Å². The largest absolute Gasteiger partial charge is 0.508 e. The number of phenols is 1. The summed E-state index contributed by atoms with van der Waals surface area (Å²) in [5, 5.41) is 9.01. The quantitative estimate of drug-likeness (QED) is 0.723. The van der Waals surface area contributed by atoms with Crippen molar-refractivity contribution in [2.75, 3.05) is 7.11 Å². The van der Waals surface area contributed by atoms with Crippen LogP contribution in [0.5, 0.6) is 5.75 Å². The zero-order valence-electron chi connectivity index (χ0n) is 7.86. The van der Waals surface area contributed by atoms with Gasteiger partial charge >= 0.3 is 0 Å². The molecule has 1 atom stereocenters. The Labute approximate surface area is 77.9 Å². The molecule has 0 bridgehead atoms. The number of benzene rings is 1. The van der Waals surface area contributed by atoms with Gasteiger partial charge in [0.25, 0.3) is 0 Å². The molecule has 1 aromatic rings. The lowest BCUT2D eigenvalue weighted by Crippen LogP contribution is -2.09. The van der Waals surface area contributed by atoms with Gasteiger partial charge in [0.1, 0.15) is 5.75 Å². The Kier molecular flexibility index (Phi) is 3.73. The van der Waals surface area contributed by atoms with Crippen LogP contribution in [-0.4, -0.2) is 18.5 Å². The van der Waals surface area contributed by atoms with Crippen molar-refractivity contribution in [2.24, 2.45) is 0 Å². The lowest BCUT2D eigenvalue weighted by molar-refractivity contribution is -0.118. The molecule has 0 heterocycles. The van der Waals surface area contributed by atoms with Crippen LogP contribution in [0.2, 0.25) is 0 Å². The maximum Gasteiger partial charge on any atom is 0.154 e. The average molecular weight is 182 g/mol. The second-order valence-electron chi connectivity index (χ2n) is 2.78. The molecule has 0 saturated heterocycles. The van der Waals surface area contributed by atoms with E-state index in [9.17, 15) is 0 Å². The number of hydrogen-bond donors (Lipinski definition) is 1. The van der Waals surface area contributed by atoms with E-state index in [1.165, 1.54) is 0 Å². The fourth-order valence-electron chi connectivity index (χ4n) is 0.874. The molecule has 1 aromatic carbocycles. The number of hydrogen-bond acceptors (Lipinski definition) is 3. The van der Waals surface area contributed by atoms with Crippen molar-refractivity contribution in [3.63, 3.8) is 0 Å². The number of phenolic OH excluding ortho intramolecular Hbond substituents is 1. The molecule has 0 saturated carbocycles. The van der Waals surface area contributed by atoms with Gasteiger partial charge in [0, 0.05) is 7.11 Å².